The highest BCUT2D eigenvalue weighted by Gasteiger charge is 2.23. The number of imidazole rings is 1. The van der Waals surface area contributed by atoms with E-state index >= 15 is 0 Å². The summed E-state index contributed by atoms with van der Waals surface area (Å²) < 4.78 is 2.15. The van der Waals surface area contributed by atoms with Gasteiger partial charge in [-0.15, -0.1) is 0 Å². The van der Waals surface area contributed by atoms with Gasteiger partial charge in [0, 0.05) is 17.3 Å². The van der Waals surface area contributed by atoms with Gasteiger partial charge in [-0.1, -0.05) is 12.1 Å². The van der Waals surface area contributed by atoms with Gasteiger partial charge < -0.3 is 14.8 Å². The summed E-state index contributed by atoms with van der Waals surface area (Å²) in [6.45, 7) is 8.80. The zero-order valence-electron chi connectivity index (χ0n) is 17.7. The van der Waals surface area contributed by atoms with Crippen LogP contribution in [-0.2, 0) is 11.3 Å². The Hall–Kier alpha value is -2.73. The number of pyridine rings is 1. The van der Waals surface area contributed by atoms with Crippen LogP contribution in [-0.4, -0.2) is 45.5 Å². The highest BCUT2D eigenvalue weighted by molar-refractivity contribution is 5.92. The molecule has 0 bridgehead atoms. The van der Waals surface area contributed by atoms with Crippen LogP contribution in [0.15, 0.2) is 30.3 Å². The SMILES string of the molecule is Cc1cc(C)c2nc(C)n(Cc3ccc(NC(=O)C4CCN(C)CC4)cc3)c2n1. The Kier molecular flexibility index (Phi) is 5.37. The molecule has 0 spiro atoms. The van der Waals surface area contributed by atoms with Crippen molar-refractivity contribution in [2.45, 2.75) is 40.2 Å². The Morgan fingerprint density at radius 2 is 1.79 bits per heavy atom. The molecule has 1 aliphatic rings. The largest absolute Gasteiger partial charge is 0.326 e. The standard InChI is InChI=1S/C23H29N5O/c1-15-13-16(2)24-22-21(15)25-17(3)28(22)14-18-5-7-20(8-6-18)26-23(29)19-9-11-27(4)12-10-19/h5-8,13,19H,9-12,14H2,1-4H3,(H,26,29). The van der Waals surface area contributed by atoms with E-state index in [1.54, 1.807) is 0 Å². The fraction of sp³-hybridized carbons (Fsp3) is 0.435. The number of piperidine rings is 1. The van der Waals surface area contributed by atoms with Crippen LogP contribution in [0.25, 0.3) is 11.2 Å². The third kappa shape index (κ3) is 4.17. The fourth-order valence-corrected chi connectivity index (χ4v) is 4.09. The van der Waals surface area contributed by atoms with Gasteiger partial charge in [0.1, 0.15) is 11.3 Å². The van der Waals surface area contributed by atoms with Gasteiger partial charge in [0.25, 0.3) is 0 Å². The summed E-state index contributed by atoms with van der Waals surface area (Å²) in [6.07, 6.45) is 1.86. The number of carbonyl (C=O) groups is 1. The van der Waals surface area contributed by atoms with Gasteiger partial charge >= 0.3 is 0 Å². The predicted octanol–water partition coefficient (Wildman–Crippen LogP) is 3.69. The number of likely N-dealkylation sites (tertiary alicyclic amines) is 1. The minimum atomic E-state index is 0.114. The third-order valence-electron chi connectivity index (χ3n) is 5.86. The molecule has 0 radical (unpaired) electrons. The summed E-state index contributed by atoms with van der Waals surface area (Å²) in [5.41, 5.74) is 6.07. The number of rotatable bonds is 4. The molecule has 29 heavy (non-hydrogen) atoms. The molecule has 152 valence electrons. The van der Waals surface area contributed by atoms with E-state index in [2.05, 4.69) is 47.0 Å². The second-order valence-corrected chi connectivity index (χ2v) is 8.26. The van der Waals surface area contributed by atoms with E-state index in [1.807, 2.05) is 26.0 Å². The number of aromatic nitrogens is 3. The molecule has 6 nitrogen and oxygen atoms in total. The van der Waals surface area contributed by atoms with Crippen molar-refractivity contribution in [2.24, 2.45) is 5.92 Å². The summed E-state index contributed by atoms with van der Waals surface area (Å²) in [7, 11) is 2.11. The number of aryl methyl sites for hydroxylation is 3. The van der Waals surface area contributed by atoms with Crippen LogP contribution < -0.4 is 5.32 Å². The normalized spacial score (nSPS) is 15.7. The van der Waals surface area contributed by atoms with Crippen molar-refractivity contribution in [1.29, 1.82) is 0 Å². The molecular formula is C23H29N5O. The van der Waals surface area contributed by atoms with Crippen molar-refractivity contribution in [2.75, 3.05) is 25.5 Å². The van der Waals surface area contributed by atoms with E-state index in [-0.39, 0.29) is 11.8 Å². The Morgan fingerprint density at radius 3 is 2.48 bits per heavy atom. The molecule has 1 N–H and O–H groups in total. The first kappa shape index (κ1) is 19.6. The van der Waals surface area contributed by atoms with Gasteiger partial charge in [0.15, 0.2) is 5.65 Å². The highest BCUT2D eigenvalue weighted by Crippen LogP contribution is 2.22. The van der Waals surface area contributed by atoms with Crippen molar-refractivity contribution in [1.82, 2.24) is 19.4 Å². The second-order valence-electron chi connectivity index (χ2n) is 8.26. The summed E-state index contributed by atoms with van der Waals surface area (Å²) in [5.74, 6) is 1.21. The van der Waals surface area contributed by atoms with Crippen molar-refractivity contribution in [3.8, 4) is 0 Å². The van der Waals surface area contributed by atoms with Crippen molar-refractivity contribution in [3.63, 3.8) is 0 Å². The summed E-state index contributed by atoms with van der Waals surface area (Å²) in [6, 6.07) is 10.2. The zero-order valence-corrected chi connectivity index (χ0v) is 17.7. The second kappa shape index (κ2) is 7.95. The Morgan fingerprint density at radius 1 is 1.10 bits per heavy atom. The lowest BCUT2D eigenvalue weighted by Crippen LogP contribution is -2.35. The minimum absolute atomic E-state index is 0.114. The molecule has 0 atom stereocenters. The molecule has 1 saturated heterocycles. The van der Waals surface area contributed by atoms with E-state index in [0.29, 0.717) is 6.54 Å². The molecule has 0 unspecified atom stereocenters. The molecule has 1 amide bonds. The smallest absolute Gasteiger partial charge is 0.227 e. The maximum Gasteiger partial charge on any atom is 0.227 e. The van der Waals surface area contributed by atoms with Crippen LogP contribution in [0, 0.1) is 26.7 Å². The first-order valence-corrected chi connectivity index (χ1v) is 10.3. The molecule has 0 aliphatic carbocycles. The van der Waals surface area contributed by atoms with Crippen LogP contribution >= 0.6 is 0 Å². The van der Waals surface area contributed by atoms with Crippen LogP contribution in [0.4, 0.5) is 5.69 Å². The average molecular weight is 392 g/mol. The molecule has 4 rings (SSSR count). The number of fused-ring (bicyclic) bond motifs is 1. The van der Waals surface area contributed by atoms with Crippen LogP contribution in [0.3, 0.4) is 0 Å². The maximum atomic E-state index is 12.5. The number of anilines is 1. The minimum Gasteiger partial charge on any atom is -0.326 e. The predicted molar refractivity (Wildman–Crippen MR) is 116 cm³/mol. The topological polar surface area (TPSA) is 63.1 Å². The Labute approximate surface area is 172 Å². The lowest BCUT2D eigenvalue weighted by molar-refractivity contribution is -0.121. The van der Waals surface area contributed by atoms with Gasteiger partial charge in [-0.3, -0.25) is 4.79 Å². The summed E-state index contributed by atoms with van der Waals surface area (Å²) in [4.78, 5) is 24.2. The summed E-state index contributed by atoms with van der Waals surface area (Å²) >= 11 is 0. The van der Waals surface area contributed by atoms with Crippen molar-refractivity contribution < 1.29 is 4.79 Å². The molecule has 3 aromatic rings. The molecule has 1 fully saturated rings. The van der Waals surface area contributed by atoms with Gasteiger partial charge in [-0.2, -0.15) is 0 Å². The Balaban J connectivity index is 1.47. The molecule has 6 heteroatoms. The zero-order chi connectivity index (χ0) is 20.5. The van der Waals surface area contributed by atoms with Gasteiger partial charge in [0.05, 0.1) is 6.54 Å². The van der Waals surface area contributed by atoms with E-state index in [9.17, 15) is 4.79 Å². The monoisotopic (exact) mass is 391 g/mol. The molecular weight excluding hydrogens is 362 g/mol. The number of nitrogens with one attached hydrogen (secondary N) is 1. The van der Waals surface area contributed by atoms with Crippen LogP contribution in [0.2, 0.25) is 0 Å². The molecule has 1 aromatic carbocycles. The quantitative estimate of drug-likeness (QED) is 0.737. The first-order chi connectivity index (χ1) is 13.9. The average Bonchev–Trinajstić information content (AvgIpc) is 3.00. The van der Waals surface area contributed by atoms with E-state index in [4.69, 9.17) is 9.97 Å². The van der Waals surface area contributed by atoms with Crippen molar-refractivity contribution >= 4 is 22.8 Å². The van der Waals surface area contributed by atoms with Gasteiger partial charge in [0.2, 0.25) is 5.91 Å². The number of hydrogen-bond acceptors (Lipinski definition) is 4. The van der Waals surface area contributed by atoms with Crippen LogP contribution in [0.1, 0.15) is 35.5 Å². The lowest BCUT2D eigenvalue weighted by Gasteiger charge is -2.28. The van der Waals surface area contributed by atoms with Crippen LogP contribution in [0.5, 0.6) is 0 Å². The molecule has 1 aliphatic heterocycles. The lowest BCUT2D eigenvalue weighted by atomic mass is 9.96. The molecule has 3 heterocycles. The number of benzene rings is 1. The highest BCUT2D eigenvalue weighted by atomic mass is 16.1. The fourth-order valence-electron chi connectivity index (χ4n) is 4.09. The van der Waals surface area contributed by atoms with E-state index < -0.39 is 0 Å². The third-order valence-corrected chi connectivity index (χ3v) is 5.86. The van der Waals surface area contributed by atoms with E-state index in [1.165, 1.54) is 0 Å². The number of amides is 1. The Bertz CT molecular complexity index is 1030. The molecule has 0 saturated carbocycles. The van der Waals surface area contributed by atoms with E-state index in [0.717, 1.165) is 65.4 Å². The van der Waals surface area contributed by atoms with Gasteiger partial charge in [-0.05, 0) is 83.1 Å². The first-order valence-electron chi connectivity index (χ1n) is 10.3. The number of hydrogen-bond donors (Lipinski definition) is 1. The molecule has 2 aromatic heterocycles. The van der Waals surface area contributed by atoms with Gasteiger partial charge in [-0.25, -0.2) is 9.97 Å². The van der Waals surface area contributed by atoms with Crippen molar-refractivity contribution in [3.05, 3.63) is 53.0 Å². The summed E-state index contributed by atoms with van der Waals surface area (Å²) in [5, 5.41) is 3.08. The number of nitrogens with zero attached hydrogens (tertiary/aromatic N) is 4. The number of carbonyl (C=O) groups excluding carboxylic acids is 1. The maximum absolute atomic E-state index is 12.5.